The molecule has 1 aliphatic heterocycles. The molecule has 13 heteroatoms. The molecule has 8 N–H and O–H groups in total. The van der Waals surface area contributed by atoms with Gasteiger partial charge in [0.2, 0.25) is 0 Å². The Bertz CT molecular complexity index is 1040. The number of ether oxygens (including phenoxy) is 4. The Morgan fingerprint density at radius 1 is 0.972 bits per heavy atom. The average molecular weight is 512 g/mol. The number of methoxy groups -OCH3 is 1. The number of phenols is 4. The van der Waals surface area contributed by atoms with Crippen molar-refractivity contribution in [3.05, 3.63) is 41.5 Å². The highest BCUT2D eigenvalue weighted by molar-refractivity contribution is 5.91. The first-order chi connectivity index (χ1) is 17.0. The normalized spacial score (nSPS) is 24.8. The summed E-state index contributed by atoms with van der Waals surface area (Å²) >= 11 is 0. The fourth-order valence-corrected chi connectivity index (χ4v) is 3.54. The largest absolute Gasteiger partial charge is 0.504 e. The number of aliphatic hydroxyl groups is 4. The third kappa shape index (κ3) is 6.26. The predicted molar refractivity (Wildman–Crippen MR) is 119 cm³/mol. The number of carbonyl (C=O) groups is 1. The van der Waals surface area contributed by atoms with Gasteiger partial charge >= 0.3 is 5.97 Å². The zero-order chi connectivity index (χ0) is 26.6. The van der Waals surface area contributed by atoms with Gasteiger partial charge in [-0.1, -0.05) is 6.07 Å². The van der Waals surface area contributed by atoms with E-state index in [0.717, 1.165) is 12.1 Å². The van der Waals surface area contributed by atoms with Crippen molar-refractivity contribution in [3.63, 3.8) is 0 Å². The second kappa shape index (κ2) is 11.6. The quantitative estimate of drug-likeness (QED) is 0.151. The number of esters is 1. The molecule has 13 nitrogen and oxygen atoms in total. The van der Waals surface area contributed by atoms with E-state index in [1.165, 1.54) is 19.2 Å². The molecule has 0 unspecified atom stereocenters. The van der Waals surface area contributed by atoms with E-state index in [1.54, 1.807) is 6.07 Å². The molecular formula is C23H28O13. The van der Waals surface area contributed by atoms with Crippen LogP contribution < -0.4 is 4.74 Å². The smallest absolute Gasteiger partial charge is 0.338 e. The molecule has 0 aliphatic carbocycles. The highest BCUT2D eigenvalue weighted by Gasteiger charge is 2.45. The first-order valence-corrected chi connectivity index (χ1v) is 10.8. The number of aromatic hydroxyl groups is 4. The summed E-state index contributed by atoms with van der Waals surface area (Å²) in [5.74, 6) is -3.22. The van der Waals surface area contributed by atoms with Crippen LogP contribution in [-0.4, -0.2) is 104 Å². The van der Waals surface area contributed by atoms with Crippen LogP contribution in [0.4, 0.5) is 0 Å². The number of hydrogen-bond acceptors (Lipinski definition) is 13. The number of aliphatic hydroxyl groups excluding tert-OH is 4. The van der Waals surface area contributed by atoms with Gasteiger partial charge in [0, 0.05) is 6.42 Å². The molecule has 0 saturated carbocycles. The molecule has 1 saturated heterocycles. The highest BCUT2D eigenvalue weighted by Crippen LogP contribution is 2.35. The summed E-state index contributed by atoms with van der Waals surface area (Å²) in [5.41, 5.74) is 0.313. The van der Waals surface area contributed by atoms with Crippen molar-refractivity contribution in [1.29, 1.82) is 0 Å². The van der Waals surface area contributed by atoms with E-state index in [1.807, 2.05) is 0 Å². The average Bonchev–Trinajstić information content (AvgIpc) is 2.85. The fourth-order valence-electron chi connectivity index (χ4n) is 3.54. The van der Waals surface area contributed by atoms with E-state index in [9.17, 15) is 45.6 Å². The molecule has 0 amide bonds. The molecule has 1 heterocycles. The molecule has 36 heavy (non-hydrogen) atoms. The predicted octanol–water partition coefficient (Wildman–Crippen LogP) is -0.898. The number of hydrogen-bond donors (Lipinski definition) is 8. The van der Waals surface area contributed by atoms with Crippen LogP contribution in [0, 0.1) is 0 Å². The summed E-state index contributed by atoms with van der Waals surface area (Å²) in [6, 6.07) is 6.21. The molecule has 1 fully saturated rings. The molecule has 2 aromatic carbocycles. The molecule has 3 rings (SSSR count). The molecule has 0 bridgehead atoms. The fraction of sp³-hybridized carbons (Fsp3) is 0.435. The standard InChI is InChI=1S/C23H28O13/c1-33-16-5-10(2-3-13(16)25)4-12(24)8-35-23-21(31)20(30)19(29)17(36-23)9-34-22(32)11-6-14(26)18(28)15(27)7-11/h2-3,5-7,12,17,19-21,23-31H,4,8-9H2,1H3/t12-,17+,19+,20-,21+,23+/m0/s1. The first kappa shape index (κ1) is 27.3. The van der Waals surface area contributed by atoms with Crippen LogP contribution >= 0.6 is 0 Å². The number of phenolic OH excluding ortho intramolecular Hbond substituents is 4. The number of benzene rings is 2. The third-order valence-corrected chi connectivity index (χ3v) is 5.52. The maximum absolute atomic E-state index is 12.2. The van der Waals surface area contributed by atoms with Crippen molar-refractivity contribution in [2.24, 2.45) is 0 Å². The van der Waals surface area contributed by atoms with Gasteiger partial charge in [0.15, 0.2) is 35.0 Å². The minimum absolute atomic E-state index is 0.0657. The third-order valence-electron chi connectivity index (χ3n) is 5.52. The Morgan fingerprint density at radius 2 is 1.64 bits per heavy atom. The van der Waals surface area contributed by atoms with E-state index in [2.05, 4.69) is 0 Å². The lowest BCUT2D eigenvalue weighted by molar-refractivity contribution is -0.304. The maximum Gasteiger partial charge on any atom is 0.338 e. The van der Waals surface area contributed by atoms with Crippen molar-refractivity contribution < 1.29 is 64.6 Å². The van der Waals surface area contributed by atoms with Gasteiger partial charge in [-0.2, -0.15) is 0 Å². The van der Waals surface area contributed by atoms with Gasteiger partial charge in [0.1, 0.15) is 31.0 Å². The van der Waals surface area contributed by atoms with Gasteiger partial charge in [-0.25, -0.2) is 4.79 Å². The van der Waals surface area contributed by atoms with Crippen LogP contribution in [0.25, 0.3) is 0 Å². The van der Waals surface area contributed by atoms with Gasteiger partial charge < -0.3 is 59.8 Å². The van der Waals surface area contributed by atoms with Gasteiger partial charge in [-0.15, -0.1) is 0 Å². The van der Waals surface area contributed by atoms with E-state index < -0.39 is 66.6 Å². The summed E-state index contributed by atoms with van der Waals surface area (Å²) < 4.78 is 20.8. The van der Waals surface area contributed by atoms with Gasteiger partial charge in [-0.3, -0.25) is 0 Å². The topological polar surface area (TPSA) is 216 Å². The number of carbonyl (C=O) groups excluding carboxylic acids is 1. The molecule has 2 aromatic rings. The minimum atomic E-state index is -1.73. The van der Waals surface area contributed by atoms with Crippen molar-refractivity contribution in [3.8, 4) is 28.7 Å². The van der Waals surface area contributed by atoms with Crippen molar-refractivity contribution in [1.82, 2.24) is 0 Å². The second-order valence-corrected chi connectivity index (χ2v) is 8.17. The van der Waals surface area contributed by atoms with Crippen LogP contribution in [0.1, 0.15) is 15.9 Å². The minimum Gasteiger partial charge on any atom is -0.504 e. The molecule has 198 valence electrons. The number of rotatable bonds is 9. The Hall–Kier alpha value is -3.33. The zero-order valence-corrected chi connectivity index (χ0v) is 19.1. The van der Waals surface area contributed by atoms with Gasteiger partial charge in [0.25, 0.3) is 0 Å². The summed E-state index contributed by atoms with van der Waals surface area (Å²) in [5, 5.41) is 78.9. The zero-order valence-electron chi connectivity index (χ0n) is 19.1. The summed E-state index contributed by atoms with van der Waals surface area (Å²) in [4.78, 5) is 12.2. The first-order valence-electron chi connectivity index (χ1n) is 10.8. The van der Waals surface area contributed by atoms with E-state index in [-0.39, 0.29) is 30.1 Å². The Morgan fingerprint density at radius 3 is 2.28 bits per heavy atom. The lowest BCUT2D eigenvalue weighted by Crippen LogP contribution is -2.59. The van der Waals surface area contributed by atoms with Gasteiger partial charge in [-0.05, 0) is 29.8 Å². The lowest BCUT2D eigenvalue weighted by atomic mass is 9.99. The van der Waals surface area contributed by atoms with Crippen LogP contribution in [0.5, 0.6) is 28.7 Å². The van der Waals surface area contributed by atoms with E-state index in [0.29, 0.717) is 5.56 Å². The van der Waals surface area contributed by atoms with Crippen LogP contribution in [0.2, 0.25) is 0 Å². The molecule has 6 atom stereocenters. The maximum atomic E-state index is 12.2. The van der Waals surface area contributed by atoms with Gasteiger partial charge in [0.05, 0.1) is 25.4 Å². The molecule has 0 spiro atoms. The van der Waals surface area contributed by atoms with Crippen molar-refractivity contribution in [2.45, 2.75) is 43.2 Å². The lowest BCUT2D eigenvalue weighted by Gasteiger charge is -2.40. The Kier molecular flexibility index (Phi) is 8.79. The van der Waals surface area contributed by atoms with Crippen molar-refractivity contribution in [2.75, 3.05) is 20.3 Å². The van der Waals surface area contributed by atoms with Crippen molar-refractivity contribution >= 4 is 5.97 Å². The summed E-state index contributed by atoms with van der Waals surface area (Å²) in [7, 11) is 1.38. The SMILES string of the molecule is COc1cc(C[C@H](O)CO[C@@H]2O[C@H](COC(=O)c3cc(O)c(O)c(O)c3)[C@@H](O)[C@H](O)[C@H]2O)ccc1O. The summed E-state index contributed by atoms with van der Waals surface area (Å²) in [6.45, 7) is -0.950. The second-order valence-electron chi connectivity index (χ2n) is 8.17. The Labute approximate surface area is 204 Å². The molecule has 0 radical (unpaired) electrons. The molecule has 1 aliphatic rings. The Balaban J connectivity index is 1.57. The summed E-state index contributed by atoms with van der Waals surface area (Å²) in [6.07, 6.45) is -8.88. The van der Waals surface area contributed by atoms with E-state index in [4.69, 9.17) is 18.9 Å². The van der Waals surface area contributed by atoms with Crippen LogP contribution in [0.3, 0.4) is 0 Å². The van der Waals surface area contributed by atoms with E-state index >= 15 is 0 Å². The van der Waals surface area contributed by atoms with Crippen LogP contribution in [-0.2, 0) is 20.6 Å². The van der Waals surface area contributed by atoms with Crippen LogP contribution in [0.15, 0.2) is 30.3 Å². The molecular weight excluding hydrogens is 484 g/mol. The molecule has 0 aromatic heterocycles. The highest BCUT2D eigenvalue weighted by atomic mass is 16.7. The monoisotopic (exact) mass is 512 g/mol.